The van der Waals surface area contributed by atoms with Gasteiger partial charge >= 0.3 is 0 Å². The molecule has 10 heavy (non-hydrogen) atoms. The van der Waals surface area contributed by atoms with Crippen LogP contribution in [0.5, 0.6) is 0 Å². The van der Waals surface area contributed by atoms with E-state index in [1.165, 1.54) is 31.7 Å². The van der Waals surface area contributed by atoms with E-state index in [0.717, 1.165) is 5.92 Å². The van der Waals surface area contributed by atoms with Crippen molar-refractivity contribution in [3.05, 3.63) is 12.2 Å². The van der Waals surface area contributed by atoms with E-state index in [1.807, 2.05) is 0 Å². The highest BCUT2D eigenvalue weighted by Crippen LogP contribution is 2.22. The fourth-order valence-corrected chi connectivity index (χ4v) is 2.68. The van der Waals surface area contributed by atoms with Crippen LogP contribution in [0, 0.1) is 5.92 Å². The van der Waals surface area contributed by atoms with Gasteiger partial charge in [0.15, 0.2) is 0 Å². The first-order chi connectivity index (χ1) is 4.93. The summed E-state index contributed by atoms with van der Waals surface area (Å²) in [5, 5.41) is 0. The highest BCUT2D eigenvalue weighted by atomic mass is 35.6. The Morgan fingerprint density at radius 1 is 1.50 bits per heavy atom. The molecule has 0 amide bonds. The lowest BCUT2D eigenvalue weighted by molar-refractivity contribution is 0.465. The number of hydrogen-bond donors (Lipinski definition) is 0. The van der Waals surface area contributed by atoms with Gasteiger partial charge in [-0.15, -0.1) is 0 Å². The van der Waals surface area contributed by atoms with Crippen molar-refractivity contribution >= 4 is 19.9 Å². The van der Waals surface area contributed by atoms with Crippen LogP contribution in [-0.4, -0.2) is 8.83 Å². The van der Waals surface area contributed by atoms with Crippen LogP contribution in [0.2, 0.25) is 6.04 Å². The van der Waals surface area contributed by atoms with E-state index in [0.29, 0.717) is 0 Å². The summed E-state index contributed by atoms with van der Waals surface area (Å²) in [4.78, 5) is 0. The van der Waals surface area contributed by atoms with Gasteiger partial charge in [-0.25, -0.2) is 0 Å². The quantitative estimate of drug-likeness (QED) is 0.351. The molecule has 0 spiro atoms. The molecule has 0 aliphatic heterocycles. The smallest absolute Gasteiger partial charge is 0.125 e. The summed E-state index contributed by atoms with van der Waals surface area (Å²) in [7, 11) is -0.183. The van der Waals surface area contributed by atoms with Gasteiger partial charge in [0.25, 0.3) is 0 Å². The van der Waals surface area contributed by atoms with Crippen molar-refractivity contribution in [3.8, 4) is 0 Å². The van der Waals surface area contributed by atoms with E-state index in [9.17, 15) is 0 Å². The van der Waals surface area contributed by atoms with Crippen LogP contribution in [0.1, 0.15) is 25.7 Å². The molecule has 1 unspecified atom stereocenters. The maximum absolute atomic E-state index is 5.74. The van der Waals surface area contributed by atoms with Crippen LogP contribution in [-0.2, 0) is 0 Å². The lowest BCUT2D eigenvalue weighted by Gasteiger charge is -2.16. The molecule has 1 rings (SSSR count). The average molecular weight is 175 g/mol. The minimum absolute atomic E-state index is 0.183. The van der Waals surface area contributed by atoms with E-state index in [4.69, 9.17) is 11.1 Å². The van der Waals surface area contributed by atoms with Crippen LogP contribution in [0.25, 0.3) is 0 Å². The third-order valence-electron chi connectivity index (χ3n) is 2.12. The normalized spacial score (nSPS) is 26.3. The number of rotatable bonds is 3. The van der Waals surface area contributed by atoms with Gasteiger partial charge in [-0.2, -0.15) is 11.1 Å². The van der Waals surface area contributed by atoms with Gasteiger partial charge in [-0.05, 0) is 31.2 Å². The molecule has 0 aromatic carbocycles. The van der Waals surface area contributed by atoms with Gasteiger partial charge < -0.3 is 0 Å². The SMILES string of the molecule is Cl[SiH2]CCC1CC=CCC1. The minimum atomic E-state index is -0.183. The van der Waals surface area contributed by atoms with Crippen LogP contribution < -0.4 is 0 Å². The lowest BCUT2D eigenvalue weighted by Crippen LogP contribution is -2.02. The Labute approximate surface area is 70.2 Å². The largest absolute Gasteiger partial charge is 0.176 e. The highest BCUT2D eigenvalue weighted by Gasteiger charge is 2.08. The van der Waals surface area contributed by atoms with Gasteiger partial charge in [0.1, 0.15) is 8.83 Å². The number of halogens is 1. The molecule has 1 aliphatic rings. The summed E-state index contributed by atoms with van der Waals surface area (Å²) < 4.78 is 0. The number of hydrogen-bond acceptors (Lipinski definition) is 0. The monoisotopic (exact) mass is 174 g/mol. The van der Waals surface area contributed by atoms with E-state index < -0.39 is 0 Å². The van der Waals surface area contributed by atoms with E-state index >= 15 is 0 Å². The minimum Gasteiger partial charge on any atom is -0.176 e. The van der Waals surface area contributed by atoms with Crippen LogP contribution in [0.15, 0.2) is 12.2 Å². The first-order valence-corrected chi connectivity index (χ1v) is 7.28. The topological polar surface area (TPSA) is 0 Å². The summed E-state index contributed by atoms with van der Waals surface area (Å²) in [6.45, 7) is 0. The molecule has 0 bridgehead atoms. The van der Waals surface area contributed by atoms with Gasteiger partial charge in [-0.1, -0.05) is 18.6 Å². The molecule has 58 valence electrons. The Kier molecular flexibility index (Phi) is 4.15. The van der Waals surface area contributed by atoms with Crippen molar-refractivity contribution in [2.75, 3.05) is 0 Å². The van der Waals surface area contributed by atoms with Crippen LogP contribution >= 0.6 is 11.1 Å². The van der Waals surface area contributed by atoms with E-state index in [2.05, 4.69) is 12.2 Å². The zero-order valence-corrected chi connectivity index (χ0v) is 8.52. The molecule has 2 heteroatoms. The van der Waals surface area contributed by atoms with Gasteiger partial charge in [0.2, 0.25) is 0 Å². The molecule has 0 saturated carbocycles. The molecule has 0 aromatic heterocycles. The molecule has 0 nitrogen and oxygen atoms in total. The predicted octanol–water partition coefficient (Wildman–Crippen LogP) is 2.47. The zero-order valence-electron chi connectivity index (χ0n) is 6.35. The fraction of sp³-hybridized carbons (Fsp3) is 0.750. The van der Waals surface area contributed by atoms with E-state index in [-0.39, 0.29) is 8.83 Å². The molecule has 0 aromatic rings. The first-order valence-electron chi connectivity index (χ1n) is 4.14. The Balaban J connectivity index is 2.10. The van der Waals surface area contributed by atoms with Crippen molar-refractivity contribution < 1.29 is 0 Å². The van der Waals surface area contributed by atoms with Crippen molar-refractivity contribution in [2.24, 2.45) is 5.92 Å². The highest BCUT2D eigenvalue weighted by molar-refractivity contribution is 6.93. The van der Waals surface area contributed by atoms with E-state index in [1.54, 1.807) is 0 Å². The molecule has 0 radical (unpaired) electrons. The Morgan fingerprint density at radius 3 is 3.00 bits per heavy atom. The second kappa shape index (κ2) is 4.97. The summed E-state index contributed by atoms with van der Waals surface area (Å²) in [6, 6.07) is 1.33. The first kappa shape index (κ1) is 8.34. The molecular weight excluding hydrogens is 160 g/mol. The molecule has 0 fully saturated rings. The molecule has 0 heterocycles. The Morgan fingerprint density at radius 2 is 2.40 bits per heavy atom. The maximum Gasteiger partial charge on any atom is 0.125 e. The summed E-state index contributed by atoms with van der Waals surface area (Å²) in [5.74, 6) is 0.969. The number of allylic oxidation sites excluding steroid dienone is 2. The maximum atomic E-state index is 5.74. The van der Waals surface area contributed by atoms with Crippen LogP contribution in [0.3, 0.4) is 0 Å². The summed E-state index contributed by atoms with van der Waals surface area (Å²) >= 11 is 5.74. The molecular formula is C8H15ClSi. The molecule has 0 N–H and O–H groups in total. The molecule has 1 atom stereocenters. The Bertz CT molecular complexity index is 112. The van der Waals surface area contributed by atoms with Crippen molar-refractivity contribution in [3.63, 3.8) is 0 Å². The van der Waals surface area contributed by atoms with Crippen molar-refractivity contribution in [2.45, 2.75) is 31.7 Å². The second-order valence-electron chi connectivity index (χ2n) is 2.98. The predicted molar refractivity (Wildman–Crippen MR) is 50.3 cm³/mol. The Hall–Kier alpha value is 0.247. The third kappa shape index (κ3) is 2.89. The van der Waals surface area contributed by atoms with Gasteiger partial charge in [0.05, 0.1) is 0 Å². The fourth-order valence-electron chi connectivity index (χ4n) is 1.48. The average Bonchev–Trinajstić information content (AvgIpc) is 2.03. The lowest BCUT2D eigenvalue weighted by atomic mass is 9.92. The van der Waals surface area contributed by atoms with Crippen molar-refractivity contribution in [1.29, 1.82) is 0 Å². The zero-order chi connectivity index (χ0) is 7.23. The standard InChI is InChI=1S/C8H15ClSi/c9-10-7-6-8-4-2-1-3-5-8/h1-2,8H,3-7,10H2. The van der Waals surface area contributed by atoms with Gasteiger partial charge in [-0.3, -0.25) is 0 Å². The van der Waals surface area contributed by atoms with Gasteiger partial charge in [0, 0.05) is 0 Å². The summed E-state index contributed by atoms with van der Waals surface area (Å²) in [5.41, 5.74) is 0. The molecule has 1 aliphatic carbocycles. The second-order valence-corrected chi connectivity index (χ2v) is 5.20. The van der Waals surface area contributed by atoms with Crippen molar-refractivity contribution in [1.82, 2.24) is 0 Å². The molecule has 0 saturated heterocycles. The van der Waals surface area contributed by atoms with Crippen LogP contribution in [0.4, 0.5) is 0 Å². The third-order valence-corrected chi connectivity index (χ3v) is 3.60. The summed E-state index contributed by atoms with van der Waals surface area (Å²) in [6.07, 6.45) is 10.0.